The van der Waals surface area contributed by atoms with Crippen molar-refractivity contribution in [3.63, 3.8) is 0 Å². The number of hydrogen-bond acceptors (Lipinski definition) is 3. The molecule has 0 aromatic carbocycles. The second-order valence-corrected chi connectivity index (χ2v) is 4.62. The van der Waals surface area contributed by atoms with Gasteiger partial charge in [0.2, 0.25) is 0 Å². The van der Waals surface area contributed by atoms with E-state index in [1.165, 1.54) is 10.6 Å². The highest BCUT2D eigenvalue weighted by molar-refractivity contribution is 5.94. The fraction of sp³-hybridized carbons (Fsp3) is 0.571. The van der Waals surface area contributed by atoms with Gasteiger partial charge in [0.1, 0.15) is 0 Å². The van der Waals surface area contributed by atoms with Gasteiger partial charge in [-0.3, -0.25) is 9.59 Å². The summed E-state index contributed by atoms with van der Waals surface area (Å²) >= 11 is 0. The van der Waals surface area contributed by atoms with Crippen molar-refractivity contribution in [2.24, 2.45) is 12.8 Å². The van der Waals surface area contributed by atoms with Crippen molar-refractivity contribution in [2.75, 3.05) is 13.1 Å². The summed E-state index contributed by atoms with van der Waals surface area (Å²) in [6.45, 7) is 5.04. The molecular weight excluding hydrogens is 242 g/mol. The summed E-state index contributed by atoms with van der Waals surface area (Å²) in [6.07, 6.45) is 3.38. The first-order valence-electron chi connectivity index (χ1n) is 6.72. The molecule has 0 atom stereocenters. The lowest BCUT2D eigenvalue weighted by Crippen LogP contribution is -2.43. The molecule has 5 nitrogen and oxygen atoms in total. The highest BCUT2D eigenvalue weighted by Crippen LogP contribution is 2.12. The molecule has 0 unspecified atom stereocenters. The molecule has 0 saturated heterocycles. The third-order valence-electron chi connectivity index (χ3n) is 3.37. The van der Waals surface area contributed by atoms with Crippen LogP contribution in [0.15, 0.2) is 23.1 Å². The van der Waals surface area contributed by atoms with Crippen molar-refractivity contribution in [1.29, 1.82) is 0 Å². The second-order valence-electron chi connectivity index (χ2n) is 4.62. The van der Waals surface area contributed by atoms with Crippen molar-refractivity contribution in [1.82, 2.24) is 9.47 Å². The fourth-order valence-corrected chi connectivity index (χ4v) is 2.17. The van der Waals surface area contributed by atoms with Crippen LogP contribution < -0.4 is 11.3 Å². The number of carbonyl (C=O) groups is 1. The predicted molar refractivity (Wildman–Crippen MR) is 76.1 cm³/mol. The molecule has 0 fully saturated rings. The van der Waals surface area contributed by atoms with Crippen molar-refractivity contribution in [3.8, 4) is 0 Å². The van der Waals surface area contributed by atoms with Crippen LogP contribution in [0.3, 0.4) is 0 Å². The number of aromatic nitrogens is 1. The molecule has 1 heterocycles. The van der Waals surface area contributed by atoms with Gasteiger partial charge in [-0.25, -0.2) is 0 Å². The molecule has 19 heavy (non-hydrogen) atoms. The van der Waals surface area contributed by atoms with Gasteiger partial charge in [-0.05, 0) is 18.9 Å². The number of carbonyl (C=O) groups excluding carboxylic acids is 1. The standard InChI is InChI=1S/C14H23N3O2/c1-4-12(5-2)17(9-7-15)14(19)11-6-8-16(3)13(18)10-11/h6,8,10,12H,4-5,7,9,15H2,1-3H3. The predicted octanol–water partition coefficient (Wildman–Crippen LogP) is 0.975. The first-order valence-corrected chi connectivity index (χ1v) is 6.72. The van der Waals surface area contributed by atoms with Crippen LogP contribution >= 0.6 is 0 Å². The molecule has 0 spiro atoms. The van der Waals surface area contributed by atoms with Gasteiger partial charge in [0.15, 0.2) is 0 Å². The van der Waals surface area contributed by atoms with E-state index in [1.807, 2.05) is 0 Å². The number of rotatable bonds is 6. The topological polar surface area (TPSA) is 68.3 Å². The SMILES string of the molecule is CCC(CC)N(CCN)C(=O)c1ccn(C)c(=O)c1. The maximum absolute atomic E-state index is 12.5. The maximum atomic E-state index is 12.5. The van der Waals surface area contributed by atoms with E-state index in [2.05, 4.69) is 13.8 Å². The Kier molecular flexibility index (Phi) is 5.76. The average molecular weight is 265 g/mol. The van der Waals surface area contributed by atoms with Crippen LogP contribution in [0.25, 0.3) is 0 Å². The van der Waals surface area contributed by atoms with Crippen molar-refractivity contribution in [3.05, 3.63) is 34.2 Å². The molecule has 1 amide bonds. The van der Waals surface area contributed by atoms with Crippen LogP contribution in [0.5, 0.6) is 0 Å². The third kappa shape index (κ3) is 3.67. The quantitative estimate of drug-likeness (QED) is 0.833. The van der Waals surface area contributed by atoms with E-state index in [1.54, 1.807) is 24.2 Å². The van der Waals surface area contributed by atoms with E-state index in [-0.39, 0.29) is 17.5 Å². The molecule has 1 rings (SSSR count). The highest BCUT2D eigenvalue weighted by Gasteiger charge is 2.21. The molecule has 2 N–H and O–H groups in total. The van der Waals surface area contributed by atoms with Gasteiger partial charge in [-0.2, -0.15) is 0 Å². The number of aryl methyl sites for hydroxylation is 1. The first kappa shape index (κ1) is 15.4. The lowest BCUT2D eigenvalue weighted by atomic mass is 10.1. The van der Waals surface area contributed by atoms with Gasteiger partial charge in [0.25, 0.3) is 11.5 Å². The van der Waals surface area contributed by atoms with Crippen molar-refractivity contribution in [2.45, 2.75) is 32.7 Å². The summed E-state index contributed by atoms with van der Waals surface area (Å²) in [5, 5.41) is 0. The first-order chi connectivity index (χ1) is 9.04. The maximum Gasteiger partial charge on any atom is 0.254 e. The van der Waals surface area contributed by atoms with Gasteiger partial charge in [0.05, 0.1) is 0 Å². The Labute approximate surface area is 114 Å². The Morgan fingerprint density at radius 1 is 1.42 bits per heavy atom. The molecule has 1 aromatic heterocycles. The summed E-state index contributed by atoms with van der Waals surface area (Å²) in [4.78, 5) is 25.9. The minimum absolute atomic E-state index is 0.114. The van der Waals surface area contributed by atoms with Crippen molar-refractivity contribution >= 4 is 5.91 Å². The van der Waals surface area contributed by atoms with Crippen LogP contribution in [0, 0.1) is 0 Å². The molecule has 1 aromatic rings. The lowest BCUT2D eigenvalue weighted by molar-refractivity contribution is 0.0674. The molecule has 0 saturated carbocycles. The molecule has 0 bridgehead atoms. The zero-order valence-corrected chi connectivity index (χ0v) is 11.9. The smallest absolute Gasteiger partial charge is 0.254 e. The zero-order chi connectivity index (χ0) is 14.4. The van der Waals surface area contributed by atoms with E-state index in [4.69, 9.17) is 5.73 Å². The number of amides is 1. The summed E-state index contributed by atoms with van der Waals surface area (Å²) in [7, 11) is 1.66. The van der Waals surface area contributed by atoms with Gasteiger partial charge in [-0.1, -0.05) is 13.8 Å². The van der Waals surface area contributed by atoms with Gasteiger partial charge in [0, 0.05) is 44.0 Å². The van der Waals surface area contributed by atoms with Crippen LogP contribution in [0.2, 0.25) is 0 Å². The minimum Gasteiger partial charge on any atom is -0.334 e. The Morgan fingerprint density at radius 2 is 2.05 bits per heavy atom. The van der Waals surface area contributed by atoms with Crippen LogP contribution in [-0.4, -0.2) is 34.5 Å². The third-order valence-corrected chi connectivity index (χ3v) is 3.37. The van der Waals surface area contributed by atoms with E-state index in [9.17, 15) is 9.59 Å². The molecule has 106 valence electrons. The van der Waals surface area contributed by atoms with E-state index in [0.29, 0.717) is 18.7 Å². The summed E-state index contributed by atoms with van der Waals surface area (Å²) in [5.41, 5.74) is 5.84. The average Bonchev–Trinajstić information content (AvgIpc) is 2.41. The van der Waals surface area contributed by atoms with E-state index >= 15 is 0 Å². The van der Waals surface area contributed by atoms with Crippen LogP contribution in [0.1, 0.15) is 37.0 Å². The fourth-order valence-electron chi connectivity index (χ4n) is 2.17. The Morgan fingerprint density at radius 3 is 2.53 bits per heavy atom. The Hall–Kier alpha value is -1.62. The van der Waals surface area contributed by atoms with Crippen LogP contribution in [0.4, 0.5) is 0 Å². The number of pyridine rings is 1. The second kappa shape index (κ2) is 7.09. The molecule has 0 aliphatic heterocycles. The number of nitrogens with zero attached hydrogens (tertiary/aromatic N) is 2. The Balaban J connectivity index is 3.04. The highest BCUT2D eigenvalue weighted by atomic mass is 16.2. The Bertz CT molecular complexity index is 478. The van der Waals surface area contributed by atoms with E-state index in [0.717, 1.165) is 12.8 Å². The molecular formula is C14H23N3O2. The zero-order valence-electron chi connectivity index (χ0n) is 11.9. The van der Waals surface area contributed by atoms with Gasteiger partial charge < -0.3 is 15.2 Å². The summed E-state index contributed by atoms with van der Waals surface area (Å²) in [5.74, 6) is -0.114. The lowest BCUT2D eigenvalue weighted by Gasteiger charge is -2.30. The molecule has 0 radical (unpaired) electrons. The largest absolute Gasteiger partial charge is 0.334 e. The summed E-state index contributed by atoms with van der Waals surface area (Å²) < 4.78 is 1.45. The van der Waals surface area contributed by atoms with Gasteiger partial charge in [-0.15, -0.1) is 0 Å². The summed E-state index contributed by atoms with van der Waals surface area (Å²) in [6, 6.07) is 3.23. The van der Waals surface area contributed by atoms with Gasteiger partial charge >= 0.3 is 0 Å². The monoisotopic (exact) mass is 265 g/mol. The minimum atomic E-state index is -0.178. The van der Waals surface area contributed by atoms with Crippen molar-refractivity contribution < 1.29 is 4.79 Å². The molecule has 0 aliphatic rings. The number of hydrogen-bond donors (Lipinski definition) is 1. The normalized spacial score (nSPS) is 10.8. The van der Waals surface area contributed by atoms with Crippen LogP contribution in [-0.2, 0) is 7.05 Å². The molecule has 5 heteroatoms. The number of nitrogens with two attached hydrogens (primary N) is 1. The molecule has 0 aliphatic carbocycles. The van der Waals surface area contributed by atoms with E-state index < -0.39 is 0 Å².